The number of aliphatic carboxylic acids is 1. The zero-order valence-electron chi connectivity index (χ0n) is 29.6. The number of aromatic nitrogens is 1. The Labute approximate surface area is 296 Å². The summed E-state index contributed by atoms with van der Waals surface area (Å²) in [5.41, 5.74) is -1.52. The molecule has 5 rings (SSSR count). The van der Waals surface area contributed by atoms with E-state index in [2.05, 4.69) is 17.2 Å². The van der Waals surface area contributed by atoms with E-state index in [1.165, 1.54) is 23.1 Å². The molecule has 0 spiro atoms. The van der Waals surface area contributed by atoms with Gasteiger partial charge in [0.25, 0.3) is 0 Å². The number of rotatable bonds is 10. The average molecular weight is 701 g/mol. The zero-order valence-corrected chi connectivity index (χ0v) is 29.6. The Hall–Kier alpha value is -5.46. The van der Waals surface area contributed by atoms with E-state index < -0.39 is 70.5 Å². The van der Waals surface area contributed by atoms with Crippen molar-refractivity contribution >= 4 is 40.7 Å². The highest BCUT2D eigenvalue weighted by molar-refractivity contribution is 5.97. The Morgan fingerprint density at radius 1 is 1.02 bits per heavy atom. The van der Waals surface area contributed by atoms with Crippen molar-refractivity contribution in [2.24, 2.45) is 11.3 Å². The van der Waals surface area contributed by atoms with E-state index >= 15 is 0 Å². The molecule has 2 fully saturated rings. The Balaban J connectivity index is 1.52. The number of likely N-dealkylation sites (tertiary alicyclic amines) is 1. The molecule has 2 aromatic carbocycles. The quantitative estimate of drug-likeness (QED) is 0.209. The van der Waals surface area contributed by atoms with Crippen molar-refractivity contribution in [1.29, 1.82) is 0 Å². The third kappa shape index (κ3) is 7.97. The fourth-order valence-electron chi connectivity index (χ4n) is 6.30. The number of carboxylic acids is 2. The monoisotopic (exact) mass is 700 g/mol. The van der Waals surface area contributed by atoms with Crippen molar-refractivity contribution in [2.75, 3.05) is 6.54 Å². The molecule has 13 heteroatoms. The lowest BCUT2D eigenvalue weighted by Gasteiger charge is -2.35. The van der Waals surface area contributed by atoms with Gasteiger partial charge in [0.15, 0.2) is 0 Å². The third-order valence-corrected chi connectivity index (χ3v) is 9.03. The van der Waals surface area contributed by atoms with Crippen molar-refractivity contribution in [2.45, 2.75) is 83.7 Å². The van der Waals surface area contributed by atoms with Crippen molar-refractivity contribution in [3.05, 3.63) is 72.8 Å². The summed E-state index contributed by atoms with van der Waals surface area (Å²) in [5.74, 6) is -3.71. The summed E-state index contributed by atoms with van der Waals surface area (Å²) in [6, 6.07) is 13.2. The van der Waals surface area contributed by atoms with Crippen LogP contribution in [0.2, 0.25) is 0 Å². The maximum atomic E-state index is 14.4. The maximum absolute atomic E-state index is 14.4. The van der Waals surface area contributed by atoms with Crippen LogP contribution in [0.4, 0.5) is 4.79 Å². The third-order valence-electron chi connectivity index (χ3n) is 9.03. The maximum Gasteiger partial charge on any atom is 0.408 e. The predicted molar refractivity (Wildman–Crippen MR) is 188 cm³/mol. The number of nitrogens with zero attached hydrogens (tertiary/aromatic N) is 2. The van der Waals surface area contributed by atoms with E-state index in [4.69, 9.17) is 14.5 Å². The molecule has 13 nitrogen and oxygen atoms in total. The Bertz CT molecular complexity index is 1880. The summed E-state index contributed by atoms with van der Waals surface area (Å²) in [4.78, 5) is 71.4. The fourth-order valence-corrected chi connectivity index (χ4v) is 6.30. The molecule has 1 saturated carbocycles. The highest BCUT2D eigenvalue weighted by Gasteiger charge is 2.61. The van der Waals surface area contributed by atoms with Gasteiger partial charge in [0.05, 0.1) is 23.3 Å². The number of pyridine rings is 1. The summed E-state index contributed by atoms with van der Waals surface area (Å²) in [6.07, 6.45) is 0.0558. The number of carbonyl (C=O) groups is 5. The minimum atomic E-state index is -1.54. The second-order valence-corrected chi connectivity index (χ2v) is 15.1. The van der Waals surface area contributed by atoms with E-state index in [1.807, 2.05) is 30.3 Å². The molecule has 5 atom stereocenters. The molecule has 1 saturated heterocycles. The molecule has 3 amide bonds. The molecule has 0 radical (unpaired) electrons. The second kappa shape index (κ2) is 13.7. The molecule has 3 aromatic rings. The van der Waals surface area contributed by atoms with Crippen LogP contribution >= 0.6 is 0 Å². The van der Waals surface area contributed by atoms with Gasteiger partial charge in [-0.2, -0.15) is 0 Å². The van der Waals surface area contributed by atoms with Gasteiger partial charge in [-0.25, -0.2) is 19.4 Å². The van der Waals surface area contributed by atoms with E-state index in [1.54, 1.807) is 53.7 Å². The molecule has 51 heavy (non-hydrogen) atoms. The summed E-state index contributed by atoms with van der Waals surface area (Å²) < 4.78 is 12.0. The predicted octanol–water partition coefficient (Wildman–Crippen LogP) is 5.03. The largest absolute Gasteiger partial charge is 0.488 e. The molecule has 0 unspecified atom stereocenters. The Morgan fingerprint density at radius 3 is 2.27 bits per heavy atom. The first kappa shape index (κ1) is 36.8. The molecule has 0 bridgehead atoms. The number of amides is 3. The summed E-state index contributed by atoms with van der Waals surface area (Å²) in [7, 11) is 0. The number of nitrogens with one attached hydrogen (secondary N) is 2. The molecular weight excluding hydrogens is 656 g/mol. The number of ether oxygens (including phenoxy) is 2. The first-order valence-corrected chi connectivity index (χ1v) is 16.7. The Kier molecular flexibility index (Phi) is 9.88. The van der Waals surface area contributed by atoms with Gasteiger partial charge in [0, 0.05) is 29.4 Å². The lowest BCUT2D eigenvalue weighted by atomic mass is 9.85. The number of benzene rings is 2. The van der Waals surface area contributed by atoms with Gasteiger partial charge in [-0.05, 0) is 50.8 Å². The molecule has 1 aliphatic heterocycles. The van der Waals surface area contributed by atoms with Gasteiger partial charge in [0.2, 0.25) is 11.8 Å². The van der Waals surface area contributed by atoms with Crippen LogP contribution in [0.3, 0.4) is 0 Å². The number of carbonyl (C=O) groups excluding carboxylic acids is 3. The summed E-state index contributed by atoms with van der Waals surface area (Å²) in [6.45, 7) is 14.0. The fraction of sp³-hybridized carbons (Fsp3) is 0.421. The SMILES string of the molecule is C=C[C@@H]1C[C@]1(NC(=O)[C@@H]1C[C@@H](Oc2cc(-c3ccccc3)nc3cc(C(=O)O)ccc23)CN1C(=O)[C@@H](NC(=O)OC(C)(C)C)C(C)(C)C)C(=O)O. The molecule has 4 N–H and O–H groups in total. The Morgan fingerprint density at radius 2 is 1.71 bits per heavy atom. The topological polar surface area (TPSA) is 184 Å². The first-order valence-electron chi connectivity index (χ1n) is 16.7. The first-order chi connectivity index (χ1) is 23.8. The summed E-state index contributed by atoms with van der Waals surface area (Å²) >= 11 is 0. The minimum Gasteiger partial charge on any atom is -0.488 e. The van der Waals surface area contributed by atoms with Gasteiger partial charge in [-0.1, -0.05) is 57.2 Å². The molecular formula is C38H44N4O9. The number of hydrogen-bond acceptors (Lipinski definition) is 8. The highest BCUT2D eigenvalue weighted by Crippen LogP contribution is 2.45. The highest BCUT2D eigenvalue weighted by atomic mass is 16.6. The average Bonchev–Trinajstić information content (AvgIpc) is 3.61. The number of alkyl carbamates (subject to hydrolysis) is 1. The van der Waals surface area contributed by atoms with E-state index in [9.17, 15) is 34.2 Å². The zero-order chi connectivity index (χ0) is 37.5. The van der Waals surface area contributed by atoms with Crippen LogP contribution in [-0.2, 0) is 19.1 Å². The van der Waals surface area contributed by atoms with Crippen molar-refractivity contribution in [1.82, 2.24) is 20.5 Å². The molecule has 2 aliphatic rings. The van der Waals surface area contributed by atoms with E-state index in [0.717, 1.165) is 5.56 Å². The number of fused-ring (bicyclic) bond motifs is 1. The van der Waals surface area contributed by atoms with Crippen LogP contribution < -0.4 is 15.4 Å². The standard InChI is InChI=1S/C38H44N4O9/c1-8-23-19-38(23,34(47)48)41-31(43)28-17-24(20-42(28)32(44)30(36(2,3)4)40-35(49)51-37(5,6)7)50-29-18-26(21-12-10-9-11-13-21)39-27-16-22(33(45)46)14-15-25(27)29/h8-16,18,23-24,28,30H,1,17,19-20H2,2-7H3,(H,40,49)(H,41,43)(H,45,46)(H,47,48)/t23-,24-,28+,30-,38-/m1/s1. The number of hydrogen-bond donors (Lipinski definition) is 4. The van der Waals surface area contributed by atoms with Crippen molar-refractivity contribution < 1.29 is 43.7 Å². The van der Waals surface area contributed by atoms with Crippen LogP contribution in [-0.4, -0.2) is 85.8 Å². The van der Waals surface area contributed by atoms with Crippen LogP contribution in [0.15, 0.2) is 67.3 Å². The van der Waals surface area contributed by atoms with Crippen LogP contribution in [0.25, 0.3) is 22.2 Å². The lowest BCUT2D eigenvalue weighted by Crippen LogP contribution is -2.59. The van der Waals surface area contributed by atoms with Gasteiger partial charge in [0.1, 0.15) is 35.1 Å². The van der Waals surface area contributed by atoms with Crippen LogP contribution in [0, 0.1) is 11.3 Å². The molecule has 1 aliphatic carbocycles. The van der Waals surface area contributed by atoms with Gasteiger partial charge >= 0.3 is 18.0 Å². The second-order valence-electron chi connectivity index (χ2n) is 15.1. The summed E-state index contributed by atoms with van der Waals surface area (Å²) in [5, 5.41) is 25.5. The number of aromatic carboxylic acids is 1. The van der Waals surface area contributed by atoms with Crippen molar-refractivity contribution in [3.8, 4) is 17.0 Å². The van der Waals surface area contributed by atoms with Crippen LogP contribution in [0.5, 0.6) is 5.75 Å². The normalized spacial score (nSPS) is 22.1. The van der Waals surface area contributed by atoms with Crippen LogP contribution in [0.1, 0.15) is 64.7 Å². The smallest absolute Gasteiger partial charge is 0.408 e. The molecule has 270 valence electrons. The van der Waals surface area contributed by atoms with E-state index in [-0.39, 0.29) is 24.9 Å². The minimum absolute atomic E-state index is 0.00692. The molecule has 1 aromatic heterocycles. The molecule has 2 heterocycles. The lowest BCUT2D eigenvalue weighted by molar-refractivity contribution is -0.146. The van der Waals surface area contributed by atoms with Crippen molar-refractivity contribution in [3.63, 3.8) is 0 Å². The van der Waals surface area contributed by atoms with Gasteiger partial charge < -0.3 is 35.2 Å². The van der Waals surface area contributed by atoms with E-state index in [0.29, 0.717) is 22.3 Å². The van der Waals surface area contributed by atoms with Gasteiger partial charge in [-0.15, -0.1) is 6.58 Å². The van der Waals surface area contributed by atoms with Gasteiger partial charge in [-0.3, -0.25) is 9.59 Å². The number of carboxylic acid groups (broad SMARTS) is 2.